The second-order valence-electron chi connectivity index (χ2n) is 2.78. The molecule has 0 bridgehead atoms. The fourth-order valence-corrected chi connectivity index (χ4v) is 2.32. The molecular weight excluding hydrogens is 240 g/mol. The van der Waals surface area contributed by atoms with Crippen LogP contribution in [0.2, 0.25) is 5.02 Å². The van der Waals surface area contributed by atoms with Crippen molar-refractivity contribution in [3.05, 3.63) is 21.2 Å². The fraction of sp³-hybridized carbons (Fsp3) is 0. The van der Waals surface area contributed by atoms with Gasteiger partial charge < -0.3 is 11.5 Å². The third kappa shape index (κ3) is 1.45. The second-order valence-corrected chi connectivity index (χ2v) is 4.22. The van der Waals surface area contributed by atoms with Crippen LogP contribution in [0.5, 0.6) is 0 Å². The van der Waals surface area contributed by atoms with Crippen molar-refractivity contribution in [3.8, 4) is 0 Å². The molecule has 1 aromatic carbocycles. The van der Waals surface area contributed by atoms with Gasteiger partial charge in [0.05, 0.1) is 14.6 Å². The van der Waals surface area contributed by atoms with Crippen molar-refractivity contribution < 1.29 is 4.92 Å². The summed E-state index contributed by atoms with van der Waals surface area (Å²) in [5.74, 6) is 0. The predicted molar refractivity (Wildman–Crippen MR) is 60.1 cm³/mol. The van der Waals surface area contributed by atoms with E-state index in [-0.39, 0.29) is 21.5 Å². The van der Waals surface area contributed by atoms with Gasteiger partial charge in [-0.1, -0.05) is 22.9 Å². The van der Waals surface area contributed by atoms with Gasteiger partial charge in [0.25, 0.3) is 5.69 Å². The van der Waals surface area contributed by atoms with Crippen LogP contribution in [-0.4, -0.2) is 9.91 Å². The maximum absolute atomic E-state index is 10.6. The lowest BCUT2D eigenvalue weighted by Gasteiger charge is -1.98. The number of nitrogens with zero attached hydrogens (tertiary/aromatic N) is 2. The van der Waals surface area contributed by atoms with Gasteiger partial charge in [-0.05, 0) is 0 Å². The van der Waals surface area contributed by atoms with E-state index in [0.29, 0.717) is 10.2 Å². The van der Waals surface area contributed by atoms with Gasteiger partial charge in [0.1, 0.15) is 11.2 Å². The molecule has 0 unspecified atom stereocenters. The number of nitrogens with two attached hydrogens (primary N) is 2. The molecule has 0 spiro atoms. The summed E-state index contributed by atoms with van der Waals surface area (Å²) >= 11 is 6.90. The van der Waals surface area contributed by atoms with E-state index < -0.39 is 4.92 Å². The van der Waals surface area contributed by atoms with E-state index in [1.165, 1.54) is 6.07 Å². The highest BCUT2D eigenvalue weighted by molar-refractivity contribution is 7.22. The summed E-state index contributed by atoms with van der Waals surface area (Å²) in [5, 5.41) is 11.1. The maximum Gasteiger partial charge on any atom is 0.295 e. The average Bonchev–Trinajstić information content (AvgIpc) is 2.53. The highest BCUT2D eigenvalue weighted by Gasteiger charge is 2.19. The van der Waals surface area contributed by atoms with E-state index >= 15 is 0 Å². The average molecular weight is 245 g/mol. The van der Waals surface area contributed by atoms with E-state index in [1.807, 2.05) is 0 Å². The van der Waals surface area contributed by atoms with Gasteiger partial charge >= 0.3 is 0 Å². The minimum atomic E-state index is -0.587. The molecule has 0 atom stereocenters. The fourth-order valence-electron chi connectivity index (χ4n) is 1.21. The van der Waals surface area contributed by atoms with Crippen molar-refractivity contribution >= 4 is 49.7 Å². The molecule has 8 heteroatoms. The van der Waals surface area contributed by atoms with Crippen molar-refractivity contribution in [2.45, 2.75) is 0 Å². The van der Waals surface area contributed by atoms with Crippen LogP contribution >= 0.6 is 22.9 Å². The number of halogens is 1. The maximum atomic E-state index is 10.6. The zero-order chi connectivity index (χ0) is 11.2. The van der Waals surface area contributed by atoms with E-state index in [9.17, 15) is 10.1 Å². The number of nitro benzene ring substituents is 1. The lowest BCUT2D eigenvalue weighted by atomic mass is 10.2. The number of thiazole rings is 1. The molecule has 0 aliphatic heterocycles. The minimum absolute atomic E-state index is 0.0496. The Bertz CT molecular complexity index is 568. The van der Waals surface area contributed by atoms with Crippen LogP contribution in [0.25, 0.3) is 10.2 Å². The van der Waals surface area contributed by atoms with Crippen LogP contribution < -0.4 is 11.5 Å². The van der Waals surface area contributed by atoms with Crippen LogP contribution in [0, 0.1) is 10.1 Å². The Morgan fingerprint density at radius 2 is 2.20 bits per heavy atom. The van der Waals surface area contributed by atoms with Gasteiger partial charge in [-0.15, -0.1) is 0 Å². The Kier molecular flexibility index (Phi) is 2.13. The van der Waals surface area contributed by atoms with Crippen molar-refractivity contribution in [3.63, 3.8) is 0 Å². The zero-order valence-corrected chi connectivity index (χ0v) is 8.80. The van der Waals surface area contributed by atoms with Gasteiger partial charge in [0.15, 0.2) is 5.13 Å². The number of benzene rings is 1. The molecule has 0 fully saturated rings. The smallest absolute Gasteiger partial charge is 0.295 e. The number of hydrogen-bond donors (Lipinski definition) is 2. The Balaban J connectivity index is 2.89. The molecule has 1 aromatic heterocycles. The Hall–Kier alpha value is -1.60. The van der Waals surface area contributed by atoms with E-state index in [0.717, 1.165) is 11.3 Å². The summed E-state index contributed by atoms with van der Waals surface area (Å²) < 4.78 is 0.451. The van der Waals surface area contributed by atoms with E-state index in [2.05, 4.69) is 4.98 Å². The normalized spacial score (nSPS) is 10.7. The van der Waals surface area contributed by atoms with Gasteiger partial charge in [0, 0.05) is 6.07 Å². The molecule has 0 amide bonds. The number of anilines is 2. The second kappa shape index (κ2) is 3.21. The molecule has 78 valence electrons. The summed E-state index contributed by atoms with van der Waals surface area (Å²) in [7, 11) is 0. The standard InChI is InChI=1S/C7H5ClN4O2S/c8-2-1-3(12(13)14)4(9)6-5(2)11-7(10)15-6/h1H,9H2,(H2,10,11). The van der Waals surface area contributed by atoms with Crippen molar-refractivity contribution in [1.29, 1.82) is 0 Å². The Labute approximate surface area is 92.6 Å². The third-order valence-electron chi connectivity index (χ3n) is 1.85. The van der Waals surface area contributed by atoms with Gasteiger partial charge in [-0.3, -0.25) is 10.1 Å². The van der Waals surface area contributed by atoms with Gasteiger partial charge in [0.2, 0.25) is 0 Å². The van der Waals surface area contributed by atoms with Crippen LogP contribution in [0.15, 0.2) is 6.07 Å². The molecule has 15 heavy (non-hydrogen) atoms. The SMILES string of the molecule is Nc1nc2c(Cl)cc([N+](=O)[O-])c(N)c2s1. The zero-order valence-electron chi connectivity index (χ0n) is 7.23. The van der Waals surface area contributed by atoms with Crippen LogP contribution in [0.1, 0.15) is 0 Å². The monoisotopic (exact) mass is 244 g/mol. The highest BCUT2D eigenvalue weighted by Crippen LogP contribution is 2.39. The number of nitro groups is 1. The molecule has 2 rings (SSSR count). The van der Waals surface area contributed by atoms with Gasteiger partial charge in [-0.2, -0.15) is 0 Å². The predicted octanol–water partition coefficient (Wildman–Crippen LogP) is 2.02. The molecule has 0 aliphatic rings. The number of aromatic nitrogens is 1. The quantitative estimate of drug-likeness (QED) is 0.453. The lowest BCUT2D eigenvalue weighted by molar-refractivity contribution is -0.383. The van der Waals surface area contributed by atoms with Crippen LogP contribution in [0.3, 0.4) is 0 Å². The van der Waals surface area contributed by atoms with Gasteiger partial charge in [-0.25, -0.2) is 4.98 Å². The van der Waals surface area contributed by atoms with E-state index in [1.54, 1.807) is 0 Å². The Morgan fingerprint density at radius 3 is 2.80 bits per heavy atom. The molecule has 0 saturated carbocycles. The summed E-state index contributed by atoms with van der Waals surface area (Å²) in [4.78, 5) is 14.0. The summed E-state index contributed by atoms with van der Waals surface area (Å²) in [6.45, 7) is 0. The van der Waals surface area contributed by atoms with Crippen LogP contribution in [-0.2, 0) is 0 Å². The Morgan fingerprint density at radius 1 is 1.53 bits per heavy atom. The molecule has 0 aliphatic carbocycles. The topological polar surface area (TPSA) is 108 Å². The minimum Gasteiger partial charge on any atom is -0.392 e. The van der Waals surface area contributed by atoms with Crippen molar-refractivity contribution in [2.75, 3.05) is 11.5 Å². The molecule has 0 radical (unpaired) electrons. The first-order chi connectivity index (χ1) is 7.00. The summed E-state index contributed by atoms with van der Waals surface area (Å²) in [6.07, 6.45) is 0. The van der Waals surface area contributed by atoms with E-state index in [4.69, 9.17) is 23.1 Å². The number of hydrogen-bond acceptors (Lipinski definition) is 6. The highest BCUT2D eigenvalue weighted by atomic mass is 35.5. The number of rotatable bonds is 1. The molecule has 2 aromatic rings. The molecule has 0 saturated heterocycles. The van der Waals surface area contributed by atoms with Crippen LogP contribution in [0.4, 0.5) is 16.5 Å². The number of nitrogen functional groups attached to an aromatic ring is 2. The summed E-state index contributed by atoms with van der Waals surface area (Å²) in [5.41, 5.74) is 11.3. The summed E-state index contributed by atoms with van der Waals surface area (Å²) in [6, 6.07) is 1.18. The lowest BCUT2D eigenvalue weighted by Crippen LogP contribution is -1.95. The number of fused-ring (bicyclic) bond motifs is 1. The molecule has 4 N–H and O–H groups in total. The van der Waals surface area contributed by atoms with Crippen molar-refractivity contribution in [2.24, 2.45) is 0 Å². The first kappa shape index (κ1) is 9.94. The molecule has 6 nitrogen and oxygen atoms in total. The first-order valence-electron chi connectivity index (χ1n) is 3.79. The third-order valence-corrected chi connectivity index (χ3v) is 3.06. The van der Waals surface area contributed by atoms with Crippen molar-refractivity contribution in [1.82, 2.24) is 4.98 Å². The molecular formula is C7H5ClN4O2S. The largest absolute Gasteiger partial charge is 0.392 e. The first-order valence-corrected chi connectivity index (χ1v) is 4.98. The molecule has 1 heterocycles.